The highest BCUT2D eigenvalue weighted by molar-refractivity contribution is 6.30. The molecule has 2 aromatic carbocycles. The summed E-state index contributed by atoms with van der Waals surface area (Å²) in [7, 11) is 0. The second kappa shape index (κ2) is 5.85. The van der Waals surface area contributed by atoms with E-state index in [2.05, 4.69) is 0 Å². The van der Waals surface area contributed by atoms with Crippen molar-refractivity contribution in [1.29, 1.82) is 0 Å². The minimum atomic E-state index is -0.339. The van der Waals surface area contributed by atoms with Gasteiger partial charge in [-0.05, 0) is 29.8 Å². The number of anilines is 1. The molecule has 0 aromatic heterocycles. The molecule has 0 fully saturated rings. The molecule has 18 heavy (non-hydrogen) atoms. The third kappa shape index (κ3) is 3.45. The van der Waals surface area contributed by atoms with Gasteiger partial charge in [-0.3, -0.25) is 0 Å². The van der Waals surface area contributed by atoms with E-state index in [-0.39, 0.29) is 5.82 Å². The number of nitrogens with two attached hydrogens (primary N) is 1. The third-order valence-electron chi connectivity index (χ3n) is 2.55. The number of hydrogen-bond donors (Lipinski definition) is 1. The molecule has 0 saturated heterocycles. The maximum Gasteiger partial charge on any atom is 0.125 e. The molecule has 94 valence electrons. The molecule has 0 bridgehead atoms. The molecule has 0 amide bonds. The van der Waals surface area contributed by atoms with E-state index < -0.39 is 0 Å². The molecule has 0 spiro atoms. The van der Waals surface area contributed by atoms with Gasteiger partial charge in [-0.2, -0.15) is 0 Å². The van der Waals surface area contributed by atoms with Crippen LogP contribution in [-0.4, -0.2) is 0 Å². The Balaban J connectivity index is 1.90. The number of ether oxygens (including phenoxy) is 1. The molecule has 2 N–H and O–H groups in total. The van der Waals surface area contributed by atoms with Crippen molar-refractivity contribution in [2.24, 2.45) is 0 Å². The summed E-state index contributed by atoms with van der Waals surface area (Å²) in [5, 5.41) is 0.696. The van der Waals surface area contributed by atoms with Gasteiger partial charge in [0, 0.05) is 16.3 Å². The smallest absolute Gasteiger partial charge is 0.125 e. The van der Waals surface area contributed by atoms with Crippen molar-refractivity contribution in [3.8, 4) is 0 Å². The lowest BCUT2D eigenvalue weighted by molar-refractivity contribution is 0.107. The predicted octanol–water partition coefficient (Wildman–Crippen LogP) is 3.78. The van der Waals surface area contributed by atoms with Gasteiger partial charge in [0.15, 0.2) is 0 Å². The van der Waals surface area contributed by atoms with Crippen LogP contribution < -0.4 is 5.73 Å². The van der Waals surface area contributed by atoms with E-state index in [1.54, 1.807) is 6.07 Å². The van der Waals surface area contributed by atoms with Crippen LogP contribution in [0.2, 0.25) is 5.02 Å². The first-order chi connectivity index (χ1) is 8.65. The zero-order chi connectivity index (χ0) is 13.0. The fourth-order valence-electron chi connectivity index (χ4n) is 1.56. The fraction of sp³-hybridized carbons (Fsp3) is 0.143. The van der Waals surface area contributed by atoms with E-state index in [1.165, 1.54) is 12.1 Å². The van der Waals surface area contributed by atoms with E-state index in [0.717, 1.165) is 11.1 Å². The first-order valence-electron chi connectivity index (χ1n) is 5.51. The van der Waals surface area contributed by atoms with Gasteiger partial charge in [0.25, 0.3) is 0 Å². The molecule has 0 unspecified atom stereocenters. The van der Waals surface area contributed by atoms with E-state index in [0.29, 0.717) is 23.9 Å². The summed E-state index contributed by atoms with van der Waals surface area (Å²) >= 11 is 5.78. The van der Waals surface area contributed by atoms with E-state index >= 15 is 0 Å². The van der Waals surface area contributed by atoms with Crippen molar-refractivity contribution >= 4 is 17.3 Å². The van der Waals surface area contributed by atoms with Crippen LogP contribution >= 0.6 is 11.6 Å². The lowest BCUT2D eigenvalue weighted by atomic mass is 10.2. The second-order valence-electron chi connectivity index (χ2n) is 3.96. The van der Waals surface area contributed by atoms with Crippen LogP contribution in [0.15, 0.2) is 42.5 Å². The first-order valence-corrected chi connectivity index (χ1v) is 5.89. The molecular formula is C14H13ClFNO. The Bertz CT molecular complexity index is 528. The van der Waals surface area contributed by atoms with Crippen LogP contribution in [0.5, 0.6) is 0 Å². The molecule has 0 aliphatic heterocycles. The Hall–Kier alpha value is -1.58. The highest BCUT2D eigenvalue weighted by atomic mass is 35.5. The third-order valence-corrected chi connectivity index (χ3v) is 2.80. The lowest BCUT2D eigenvalue weighted by Crippen LogP contribution is -1.99. The largest absolute Gasteiger partial charge is 0.398 e. The summed E-state index contributed by atoms with van der Waals surface area (Å²) in [5.41, 5.74) is 7.90. The van der Waals surface area contributed by atoms with Gasteiger partial charge in [0.2, 0.25) is 0 Å². The van der Waals surface area contributed by atoms with Crippen molar-refractivity contribution in [1.82, 2.24) is 0 Å². The maximum atomic E-state index is 12.8. The van der Waals surface area contributed by atoms with E-state index in [4.69, 9.17) is 22.1 Å². The monoisotopic (exact) mass is 265 g/mol. The molecule has 2 nitrogen and oxygen atoms in total. The SMILES string of the molecule is Nc1cc(F)ccc1COCc1ccc(Cl)cc1. The van der Waals surface area contributed by atoms with E-state index in [9.17, 15) is 4.39 Å². The Morgan fingerprint density at radius 1 is 1.06 bits per heavy atom. The van der Waals surface area contributed by atoms with Gasteiger partial charge in [-0.25, -0.2) is 4.39 Å². The zero-order valence-corrected chi connectivity index (χ0v) is 10.5. The molecule has 0 aliphatic carbocycles. The molecule has 0 radical (unpaired) electrons. The normalized spacial score (nSPS) is 10.6. The highest BCUT2D eigenvalue weighted by Gasteiger charge is 2.01. The quantitative estimate of drug-likeness (QED) is 0.854. The van der Waals surface area contributed by atoms with Crippen molar-refractivity contribution in [3.05, 3.63) is 64.4 Å². The summed E-state index contributed by atoms with van der Waals surface area (Å²) in [4.78, 5) is 0. The second-order valence-corrected chi connectivity index (χ2v) is 4.40. The number of nitrogen functional groups attached to an aromatic ring is 1. The van der Waals surface area contributed by atoms with Crippen molar-refractivity contribution in [3.63, 3.8) is 0 Å². The predicted molar refractivity (Wildman–Crippen MR) is 70.8 cm³/mol. The van der Waals surface area contributed by atoms with Gasteiger partial charge in [-0.15, -0.1) is 0 Å². The van der Waals surface area contributed by atoms with E-state index in [1.807, 2.05) is 24.3 Å². The van der Waals surface area contributed by atoms with Crippen LogP contribution in [0.25, 0.3) is 0 Å². The minimum Gasteiger partial charge on any atom is -0.398 e. The molecule has 2 aromatic rings. The Kier molecular flexibility index (Phi) is 4.18. The average Bonchev–Trinajstić information content (AvgIpc) is 2.34. The number of benzene rings is 2. The van der Waals surface area contributed by atoms with Gasteiger partial charge >= 0.3 is 0 Å². The van der Waals surface area contributed by atoms with Crippen molar-refractivity contribution < 1.29 is 9.13 Å². The van der Waals surface area contributed by atoms with Crippen LogP contribution in [0.3, 0.4) is 0 Å². The van der Waals surface area contributed by atoms with Crippen molar-refractivity contribution in [2.45, 2.75) is 13.2 Å². The molecule has 0 saturated carbocycles. The molecular weight excluding hydrogens is 253 g/mol. The summed E-state index contributed by atoms with van der Waals surface area (Å²) in [6.07, 6.45) is 0. The van der Waals surface area contributed by atoms with Gasteiger partial charge in [-0.1, -0.05) is 29.8 Å². The number of hydrogen-bond acceptors (Lipinski definition) is 2. The molecule has 4 heteroatoms. The average molecular weight is 266 g/mol. The van der Waals surface area contributed by atoms with Gasteiger partial charge in [0.05, 0.1) is 13.2 Å². The van der Waals surface area contributed by atoms with Gasteiger partial charge in [0.1, 0.15) is 5.82 Å². The number of rotatable bonds is 4. The minimum absolute atomic E-state index is 0.339. The molecule has 0 heterocycles. The van der Waals surface area contributed by atoms with Crippen LogP contribution in [-0.2, 0) is 18.0 Å². The van der Waals surface area contributed by atoms with Crippen LogP contribution in [0, 0.1) is 5.82 Å². The Labute approximate surface area is 110 Å². The fourth-order valence-corrected chi connectivity index (χ4v) is 1.68. The van der Waals surface area contributed by atoms with Crippen LogP contribution in [0.1, 0.15) is 11.1 Å². The summed E-state index contributed by atoms with van der Waals surface area (Å²) in [5.74, 6) is -0.339. The molecule has 0 atom stereocenters. The highest BCUT2D eigenvalue weighted by Crippen LogP contribution is 2.16. The van der Waals surface area contributed by atoms with Crippen LogP contribution in [0.4, 0.5) is 10.1 Å². The molecule has 2 rings (SSSR count). The van der Waals surface area contributed by atoms with Crippen molar-refractivity contribution in [2.75, 3.05) is 5.73 Å². The Morgan fingerprint density at radius 2 is 1.78 bits per heavy atom. The summed E-state index contributed by atoms with van der Waals surface area (Å²) in [6.45, 7) is 0.822. The molecule has 0 aliphatic rings. The van der Waals surface area contributed by atoms with Gasteiger partial charge < -0.3 is 10.5 Å². The summed E-state index contributed by atoms with van der Waals surface area (Å²) < 4.78 is 18.4. The topological polar surface area (TPSA) is 35.2 Å². The zero-order valence-electron chi connectivity index (χ0n) is 9.70. The lowest BCUT2D eigenvalue weighted by Gasteiger charge is -2.07. The standard InChI is InChI=1S/C14H13ClFNO/c15-12-4-1-10(2-5-12)8-18-9-11-3-6-13(16)7-14(11)17/h1-7H,8-9,17H2. The first kappa shape index (κ1) is 12.9. The maximum absolute atomic E-state index is 12.8. The Morgan fingerprint density at radius 3 is 2.44 bits per heavy atom. The summed E-state index contributed by atoms with van der Waals surface area (Å²) in [6, 6.07) is 11.7. The number of halogens is 2.